The molecule has 2 N–H and O–H groups in total. The third-order valence-electron chi connectivity index (χ3n) is 8.78. The molecule has 7 nitrogen and oxygen atoms in total. The molecule has 47 heavy (non-hydrogen) atoms. The number of aliphatic carboxylic acids is 1. The molecule has 0 fully saturated rings. The minimum atomic E-state index is -4.77. The number of hydrogen-bond acceptors (Lipinski definition) is 4. The van der Waals surface area contributed by atoms with Crippen LogP contribution in [0.5, 0.6) is 0 Å². The van der Waals surface area contributed by atoms with E-state index in [1.54, 1.807) is 31.1 Å². The van der Waals surface area contributed by atoms with Crippen molar-refractivity contribution in [2.45, 2.75) is 89.9 Å². The average molecular weight is 658 g/mol. The van der Waals surface area contributed by atoms with Crippen molar-refractivity contribution in [2.75, 3.05) is 20.6 Å². The lowest BCUT2D eigenvalue weighted by Crippen LogP contribution is -2.40. The number of aryl methyl sites for hydroxylation is 3. The zero-order chi connectivity index (χ0) is 34.5. The van der Waals surface area contributed by atoms with Gasteiger partial charge in [0.1, 0.15) is 11.9 Å². The van der Waals surface area contributed by atoms with E-state index in [9.17, 15) is 32.7 Å². The first-order valence-electron chi connectivity index (χ1n) is 16.0. The van der Waals surface area contributed by atoms with Crippen LogP contribution < -0.4 is 10.9 Å². The number of alkyl halides is 3. The van der Waals surface area contributed by atoms with Crippen LogP contribution in [-0.2, 0) is 28.6 Å². The third kappa shape index (κ3) is 9.09. The molecule has 0 spiro atoms. The first-order chi connectivity index (χ1) is 22.1. The number of nitrogens with one attached hydrogen (secondary N) is 1. The summed E-state index contributed by atoms with van der Waals surface area (Å²) in [5.74, 6) is -2.75. The van der Waals surface area contributed by atoms with E-state index in [4.69, 9.17) is 0 Å². The Morgan fingerprint density at radius 3 is 2.40 bits per heavy atom. The highest BCUT2D eigenvalue weighted by Gasteiger charge is 2.36. The number of hydrogen-bond donors (Lipinski definition) is 2. The molecule has 0 radical (unpaired) electrons. The average Bonchev–Trinajstić information content (AvgIpc) is 2.96. The molecule has 3 aromatic rings. The van der Waals surface area contributed by atoms with E-state index < -0.39 is 53.5 Å². The van der Waals surface area contributed by atoms with Crippen molar-refractivity contribution in [2.24, 2.45) is 0 Å². The maximum atomic E-state index is 15.5. The summed E-state index contributed by atoms with van der Waals surface area (Å²) in [4.78, 5) is 40.9. The van der Waals surface area contributed by atoms with Crippen molar-refractivity contribution in [1.29, 1.82) is 0 Å². The lowest BCUT2D eigenvalue weighted by molar-refractivity contribution is -0.139. The van der Waals surface area contributed by atoms with E-state index in [2.05, 4.69) is 11.4 Å². The summed E-state index contributed by atoms with van der Waals surface area (Å²) in [6, 6.07) is 6.60. The summed E-state index contributed by atoms with van der Waals surface area (Å²) >= 11 is 0. The lowest BCUT2D eigenvalue weighted by Gasteiger charge is -2.26. The molecule has 2 heterocycles. The van der Waals surface area contributed by atoms with Crippen molar-refractivity contribution >= 4 is 11.9 Å². The highest BCUT2D eigenvalue weighted by atomic mass is 19.4. The molecular weight excluding hydrogens is 614 g/mol. The molecule has 2 atom stereocenters. The van der Waals surface area contributed by atoms with E-state index in [0.29, 0.717) is 18.1 Å². The number of halogens is 4. The fourth-order valence-corrected chi connectivity index (χ4v) is 6.54. The summed E-state index contributed by atoms with van der Waals surface area (Å²) in [5, 5.41) is 12.4. The zero-order valence-electron chi connectivity index (χ0n) is 27.3. The van der Waals surface area contributed by atoms with Crippen LogP contribution in [0, 0.1) is 19.7 Å². The van der Waals surface area contributed by atoms with Gasteiger partial charge in [-0.15, -0.1) is 0 Å². The van der Waals surface area contributed by atoms with Crippen LogP contribution in [0.15, 0.2) is 47.4 Å². The van der Waals surface area contributed by atoms with Gasteiger partial charge in [-0.2, -0.15) is 13.2 Å². The number of benzene rings is 2. The second-order valence-electron chi connectivity index (χ2n) is 12.8. The molecule has 254 valence electrons. The zero-order valence-corrected chi connectivity index (χ0v) is 27.3. The van der Waals surface area contributed by atoms with Crippen LogP contribution in [0.2, 0.25) is 0 Å². The van der Waals surface area contributed by atoms with Gasteiger partial charge in [0.2, 0.25) is 5.91 Å². The standard InChI is InChI=1S/C36H43F4N3O4/c1-22-16-23(2)34-24(17-22)10-8-6-5-7-9-11-31(35(47)41-30(20-33(45)46)27-18-25(34)12-13-29(27)37)43-21-26(14-15-42(3)4)28(19-32(43)44)36(38,39)40/h12-13,16-19,21,30-31H,5-11,14-15,20H2,1-4H3,(H,41,47)(H,45,46)/t30-,31-/m0/s1. The number of amides is 1. The third-order valence-corrected chi connectivity index (χ3v) is 8.78. The van der Waals surface area contributed by atoms with Gasteiger partial charge < -0.3 is 19.9 Å². The first-order valence-corrected chi connectivity index (χ1v) is 16.0. The highest BCUT2D eigenvalue weighted by molar-refractivity contribution is 5.82. The molecule has 0 saturated heterocycles. The SMILES string of the molecule is Cc1cc(C)c2c(c1)CCCCCCC[C@H](n1cc(CCN(C)C)c(C(F)(F)F)cc1=O)C(=O)N[C@@H](CC(=O)O)c1cc-2ccc1F. The van der Waals surface area contributed by atoms with Crippen LogP contribution in [0.25, 0.3) is 11.1 Å². The molecule has 0 unspecified atom stereocenters. The number of likely N-dealkylation sites (N-methyl/N-ethyl adjacent to an activating group) is 1. The normalized spacial score (nSPS) is 18.1. The van der Waals surface area contributed by atoms with Gasteiger partial charge in [0.15, 0.2) is 0 Å². The summed E-state index contributed by atoms with van der Waals surface area (Å²) in [6.07, 6.45) is 0.473. The van der Waals surface area contributed by atoms with E-state index in [1.807, 2.05) is 19.9 Å². The largest absolute Gasteiger partial charge is 0.481 e. The number of aromatic nitrogens is 1. The Balaban J connectivity index is 1.84. The molecule has 0 saturated carbocycles. The molecule has 1 aromatic heterocycles. The Labute approximate surface area is 272 Å². The van der Waals surface area contributed by atoms with Gasteiger partial charge in [-0.05, 0) is 93.6 Å². The van der Waals surface area contributed by atoms with Crippen LogP contribution >= 0.6 is 0 Å². The Bertz CT molecular complexity index is 1670. The molecular formula is C36H43F4N3O4. The lowest BCUT2D eigenvalue weighted by atomic mass is 9.88. The van der Waals surface area contributed by atoms with Crippen molar-refractivity contribution in [1.82, 2.24) is 14.8 Å². The Hall–Kier alpha value is -3.99. The number of nitrogens with zero attached hydrogens (tertiary/aromatic N) is 2. The molecule has 1 aliphatic rings. The predicted molar refractivity (Wildman–Crippen MR) is 173 cm³/mol. The quantitative estimate of drug-likeness (QED) is 0.275. The Kier molecular flexibility index (Phi) is 11.7. The van der Waals surface area contributed by atoms with Gasteiger partial charge >= 0.3 is 12.1 Å². The number of pyridine rings is 1. The van der Waals surface area contributed by atoms with Crippen LogP contribution in [0.3, 0.4) is 0 Å². The fraction of sp³-hybridized carbons (Fsp3) is 0.472. The summed E-state index contributed by atoms with van der Waals surface area (Å²) < 4.78 is 58.4. The second kappa shape index (κ2) is 15.3. The summed E-state index contributed by atoms with van der Waals surface area (Å²) in [5.41, 5.74) is 2.62. The van der Waals surface area contributed by atoms with E-state index in [-0.39, 0.29) is 30.5 Å². The van der Waals surface area contributed by atoms with Crippen LogP contribution in [0.4, 0.5) is 17.6 Å². The van der Waals surface area contributed by atoms with Crippen molar-refractivity contribution in [3.8, 4) is 11.1 Å². The molecule has 1 amide bonds. The van der Waals surface area contributed by atoms with Gasteiger partial charge in [-0.1, -0.05) is 49.4 Å². The molecule has 0 aliphatic carbocycles. The van der Waals surface area contributed by atoms with Crippen molar-refractivity contribution < 1.29 is 32.3 Å². The smallest absolute Gasteiger partial charge is 0.416 e. The minimum absolute atomic E-state index is 0.0173. The van der Waals surface area contributed by atoms with E-state index in [0.717, 1.165) is 65.1 Å². The maximum absolute atomic E-state index is 15.5. The number of carbonyl (C=O) groups excluding carboxylic acids is 1. The highest BCUT2D eigenvalue weighted by Crippen LogP contribution is 2.35. The Morgan fingerprint density at radius 2 is 1.72 bits per heavy atom. The fourth-order valence-electron chi connectivity index (χ4n) is 6.54. The number of rotatable bonds is 6. The topological polar surface area (TPSA) is 91.6 Å². The summed E-state index contributed by atoms with van der Waals surface area (Å²) in [6.45, 7) is 4.27. The number of carbonyl (C=O) groups is 2. The van der Waals surface area contributed by atoms with Crippen molar-refractivity contribution in [3.63, 3.8) is 0 Å². The minimum Gasteiger partial charge on any atom is -0.481 e. The second-order valence-corrected chi connectivity index (χ2v) is 12.8. The number of carboxylic acids is 1. The van der Waals surface area contributed by atoms with E-state index in [1.165, 1.54) is 6.07 Å². The van der Waals surface area contributed by atoms with E-state index >= 15 is 4.39 Å². The summed E-state index contributed by atoms with van der Waals surface area (Å²) in [7, 11) is 3.44. The first kappa shape index (κ1) is 35.9. The van der Waals surface area contributed by atoms with Gasteiger partial charge in [0, 0.05) is 24.4 Å². The van der Waals surface area contributed by atoms with Gasteiger partial charge in [0.25, 0.3) is 5.56 Å². The molecule has 11 heteroatoms. The Morgan fingerprint density at radius 1 is 1.02 bits per heavy atom. The van der Waals surface area contributed by atoms with Crippen LogP contribution in [-0.4, -0.2) is 47.1 Å². The monoisotopic (exact) mass is 657 g/mol. The predicted octanol–water partition coefficient (Wildman–Crippen LogP) is 7.16. The van der Waals surface area contributed by atoms with Gasteiger partial charge in [-0.3, -0.25) is 14.4 Å². The molecule has 2 bridgehead atoms. The maximum Gasteiger partial charge on any atom is 0.416 e. The number of carboxylic acid groups (broad SMARTS) is 1. The van der Waals surface area contributed by atoms with Gasteiger partial charge in [-0.25, -0.2) is 4.39 Å². The number of fused-ring (bicyclic) bond motifs is 4. The van der Waals surface area contributed by atoms with Crippen molar-refractivity contribution in [3.05, 3.63) is 92.1 Å². The molecule has 2 aromatic carbocycles. The molecule has 4 rings (SSSR count). The van der Waals surface area contributed by atoms with Gasteiger partial charge in [0.05, 0.1) is 18.0 Å². The van der Waals surface area contributed by atoms with Crippen LogP contribution in [0.1, 0.15) is 90.4 Å². The molecule has 1 aliphatic heterocycles.